The van der Waals surface area contributed by atoms with E-state index in [2.05, 4.69) is 41.0 Å². The van der Waals surface area contributed by atoms with Gasteiger partial charge in [0.1, 0.15) is 5.76 Å². The molecule has 1 aromatic heterocycles. The second kappa shape index (κ2) is 7.62. The van der Waals surface area contributed by atoms with Crippen LogP contribution in [0, 0.1) is 5.41 Å². The van der Waals surface area contributed by atoms with Crippen LogP contribution in [0.3, 0.4) is 0 Å². The highest BCUT2D eigenvalue weighted by molar-refractivity contribution is 14.0. The van der Waals surface area contributed by atoms with E-state index in [-0.39, 0.29) is 29.4 Å². The monoisotopic (exact) mass is 446 g/mol. The lowest BCUT2D eigenvalue weighted by atomic mass is 9.86. The number of hydrogen-bond acceptors (Lipinski definition) is 3. The van der Waals surface area contributed by atoms with Crippen molar-refractivity contribution >= 4 is 29.9 Å². The number of nitrogens with zero attached hydrogens (tertiary/aromatic N) is 3. The van der Waals surface area contributed by atoms with Crippen LogP contribution in [-0.2, 0) is 12.0 Å². The highest BCUT2D eigenvalue weighted by Crippen LogP contribution is 2.45. The van der Waals surface area contributed by atoms with E-state index in [4.69, 9.17) is 4.42 Å². The molecular formula is C18H31IN4O. The Hall–Kier alpha value is -0.790. The first kappa shape index (κ1) is 19.5. The van der Waals surface area contributed by atoms with Gasteiger partial charge in [-0.15, -0.1) is 24.0 Å². The van der Waals surface area contributed by atoms with Gasteiger partial charge in [0.25, 0.3) is 0 Å². The zero-order valence-electron chi connectivity index (χ0n) is 15.4. The van der Waals surface area contributed by atoms with Crippen molar-refractivity contribution in [2.45, 2.75) is 64.8 Å². The third-order valence-corrected chi connectivity index (χ3v) is 5.30. The van der Waals surface area contributed by atoms with Gasteiger partial charge in [0.2, 0.25) is 5.89 Å². The Labute approximate surface area is 162 Å². The zero-order valence-corrected chi connectivity index (χ0v) is 17.7. The van der Waals surface area contributed by atoms with Crippen LogP contribution in [0.4, 0.5) is 0 Å². The highest BCUT2D eigenvalue weighted by Gasteiger charge is 2.41. The number of guanidine groups is 1. The van der Waals surface area contributed by atoms with Crippen LogP contribution >= 0.6 is 24.0 Å². The fourth-order valence-corrected chi connectivity index (χ4v) is 3.87. The Morgan fingerprint density at radius 3 is 2.62 bits per heavy atom. The lowest BCUT2D eigenvalue weighted by Crippen LogP contribution is -2.40. The van der Waals surface area contributed by atoms with Gasteiger partial charge in [-0.2, -0.15) is 0 Å². The molecule has 1 aromatic rings. The molecule has 1 aliphatic carbocycles. The normalized spacial score (nSPS) is 20.5. The summed E-state index contributed by atoms with van der Waals surface area (Å²) in [5.41, 5.74) is 0.552. The fraction of sp³-hybridized carbons (Fsp3) is 0.778. The van der Waals surface area contributed by atoms with Crippen LogP contribution in [0.25, 0.3) is 0 Å². The van der Waals surface area contributed by atoms with Crippen LogP contribution in [0.2, 0.25) is 0 Å². The van der Waals surface area contributed by atoms with Gasteiger partial charge in [-0.1, -0.05) is 33.6 Å². The number of aromatic nitrogens is 1. The predicted molar refractivity (Wildman–Crippen MR) is 108 cm³/mol. The Balaban J connectivity index is 0.00000208. The number of oxazole rings is 1. The molecule has 2 aliphatic rings. The molecule has 0 unspecified atom stereocenters. The van der Waals surface area contributed by atoms with E-state index >= 15 is 0 Å². The van der Waals surface area contributed by atoms with Gasteiger partial charge >= 0.3 is 0 Å². The molecule has 3 rings (SSSR count). The number of nitrogens with one attached hydrogen (secondary N) is 1. The first-order valence-corrected chi connectivity index (χ1v) is 8.83. The Morgan fingerprint density at radius 1 is 1.33 bits per heavy atom. The van der Waals surface area contributed by atoms with Crippen molar-refractivity contribution in [3.05, 3.63) is 17.8 Å². The smallest absolute Gasteiger partial charge is 0.213 e. The van der Waals surface area contributed by atoms with Crippen molar-refractivity contribution < 1.29 is 4.42 Å². The van der Waals surface area contributed by atoms with Gasteiger partial charge < -0.3 is 14.6 Å². The number of hydrogen-bond donors (Lipinski definition) is 1. The van der Waals surface area contributed by atoms with Gasteiger partial charge in [-0.3, -0.25) is 4.99 Å². The zero-order chi connectivity index (χ0) is 16.5. The van der Waals surface area contributed by atoms with Gasteiger partial charge in [0.15, 0.2) is 5.96 Å². The van der Waals surface area contributed by atoms with E-state index in [1.165, 1.54) is 32.1 Å². The molecule has 24 heavy (non-hydrogen) atoms. The van der Waals surface area contributed by atoms with Gasteiger partial charge in [0.05, 0.1) is 12.7 Å². The number of halogens is 1. The minimum absolute atomic E-state index is 0. The van der Waals surface area contributed by atoms with E-state index in [0.29, 0.717) is 12.0 Å². The second-order valence-corrected chi connectivity index (χ2v) is 8.15. The molecule has 0 bridgehead atoms. The molecule has 136 valence electrons. The summed E-state index contributed by atoms with van der Waals surface area (Å²) in [5, 5.41) is 3.42. The third-order valence-electron chi connectivity index (χ3n) is 5.30. The molecule has 1 spiro atoms. The standard InChI is InChI=1S/C18H30N4O.HI/c1-17(2,3)14-11-20-15(23-14)12-21-16(19-4)22-10-9-18(13-22)7-5-6-8-18;/h11H,5-10,12-13H2,1-4H3,(H,19,21);1H. The largest absolute Gasteiger partial charge is 0.443 e. The molecule has 0 aromatic carbocycles. The highest BCUT2D eigenvalue weighted by atomic mass is 127. The third kappa shape index (κ3) is 4.24. The predicted octanol–water partition coefficient (Wildman–Crippen LogP) is 3.93. The first-order chi connectivity index (χ1) is 10.9. The quantitative estimate of drug-likeness (QED) is 0.425. The summed E-state index contributed by atoms with van der Waals surface area (Å²) in [5.74, 6) is 2.63. The van der Waals surface area contributed by atoms with Crippen LogP contribution in [0.15, 0.2) is 15.6 Å². The lowest BCUT2D eigenvalue weighted by molar-refractivity contribution is 0.308. The molecule has 1 saturated carbocycles. The summed E-state index contributed by atoms with van der Waals surface area (Å²) in [6.45, 7) is 9.25. The molecule has 2 fully saturated rings. The topological polar surface area (TPSA) is 53.7 Å². The summed E-state index contributed by atoms with van der Waals surface area (Å²) in [7, 11) is 1.86. The molecule has 1 N–H and O–H groups in total. The van der Waals surface area contributed by atoms with Crippen LogP contribution in [-0.4, -0.2) is 36.0 Å². The average Bonchev–Trinajstić information content (AvgIpc) is 3.22. The van der Waals surface area contributed by atoms with Crippen molar-refractivity contribution in [1.29, 1.82) is 0 Å². The van der Waals surface area contributed by atoms with Crippen molar-refractivity contribution in [2.24, 2.45) is 10.4 Å². The molecule has 2 heterocycles. The molecule has 1 saturated heterocycles. The summed E-state index contributed by atoms with van der Waals surface area (Å²) in [4.78, 5) is 11.2. The number of likely N-dealkylation sites (tertiary alicyclic amines) is 1. The SMILES string of the molecule is CN=C(NCc1ncc(C(C)(C)C)o1)N1CCC2(CCCC2)C1.I. The molecule has 0 radical (unpaired) electrons. The maximum atomic E-state index is 5.85. The minimum Gasteiger partial charge on any atom is -0.443 e. The van der Waals surface area contributed by atoms with Crippen molar-refractivity contribution in [3.8, 4) is 0 Å². The van der Waals surface area contributed by atoms with Crippen LogP contribution in [0.1, 0.15) is 64.5 Å². The van der Waals surface area contributed by atoms with Crippen LogP contribution < -0.4 is 5.32 Å². The first-order valence-electron chi connectivity index (χ1n) is 8.83. The van der Waals surface area contributed by atoms with Crippen LogP contribution in [0.5, 0.6) is 0 Å². The van der Waals surface area contributed by atoms with E-state index in [1.54, 1.807) is 0 Å². The summed E-state index contributed by atoms with van der Waals surface area (Å²) in [6, 6.07) is 0. The van der Waals surface area contributed by atoms with E-state index < -0.39 is 0 Å². The molecule has 1 aliphatic heterocycles. The summed E-state index contributed by atoms with van der Waals surface area (Å²) in [6.07, 6.45) is 8.70. The Kier molecular flexibility index (Phi) is 6.20. The molecule has 6 heteroatoms. The Morgan fingerprint density at radius 2 is 2.04 bits per heavy atom. The molecule has 0 atom stereocenters. The maximum Gasteiger partial charge on any atom is 0.213 e. The second-order valence-electron chi connectivity index (χ2n) is 8.15. The average molecular weight is 446 g/mol. The molecule has 0 amide bonds. The summed E-state index contributed by atoms with van der Waals surface area (Å²) < 4.78 is 5.85. The number of rotatable bonds is 2. The van der Waals surface area contributed by atoms with E-state index in [9.17, 15) is 0 Å². The number of aliphatic imine (C=N–C) groups is 1. The summed E-state index contributed by atoms with van der Waals surface area (Å²) >= 11 is 0. The van der Waals surface area contributed by atoms with Crippen molar-refractivity contribution in [2.75, 3.05) is 20.1 Å². The van der Waals surface area contributed by atoms with Gasteiger partial charge in [-0.25, -0.2) is 4.98 Å². The molecular weight excluding hydrogens is 415 g/mol. The van der Waals surface area contributed by atoms with Crippen molar-refractivity contribution in [1.82, 2.24) is 15.2 Å². The van der Waals surface area contributed by atoms with E-state index in [1.807, 2.05) is 13.2 Å². The fourth-order valence-electron chi connectivity index (χ4n) is 3.87. The lowest BCUT2D eigenvalue weighted by Gasteiger charge is -2.25. The van der Waals surface area contributed by atoms with E-state index in [0.717, 1.165) is 30.7 Å². The maximum absolute atomic E-state index is 5.85. The van der Waals surface area contributed by atoms with Crippen molar-refractivity contribution in [3.63, 3.8) is 0 Å². The molecule has 5 nitrogen and oxygen atoms in total. The Bertz CT molecular complexity index is 570. The van der Waals surface area contributed by atoms with Gasteiger partial charge in [-0.05, 0) is 24.7 Å². The van der Waals surface area contributed by atoms with Gasteiger partial charge in [0, 0.05) is 25.6 Å². The minimum atomic E-state index is -0.00324.